The van der Waals surface area contributed by atoms with Crippen molar-refractivity contribution in [3.63, 3.8) is 0 Å². The van der Waals surface area contributed by atoms with Crippen molar-refractivity contribution in [2.45, 2.75) is 38.5 Å². The minimum absolute atomic E-state index is 0.0566. The van der Waals surface area contributed by atoms with Gasteiger partial charge in [-0.3, -0.25) is 4.79 Å². The van der Waals surface area contributed by atoms with Crippen LogP contribution in [0.25, 0.3) is 0 Å². The predicted octanol–water partition coefficient (Wildman–Crippen LogP) is 1.92. The van der Waals surface area contributed by atoms with Crippen LogP contribution < -0.4 is 10.0 Å². The van der Waals surface area contributed by atoms with Crippen molar-refractivity contribution in [1.82, 2.24) is 10.0 Å². The van der Waals surface area contributed by atoms with E-state index in [1.54, 1.807) is 0 Å². The molecule has 0 bridgehead atoms. The average Bonchev–Trinajstić information content (AvgIpc) is 2.35. The van der Waals surface area contributed by atoms with Gasteiger partial charge in [0.05, 0.1) is 28.3 Å². The van der Waals surface area contributed by atoms with Crippen LogP contribution >= 0.6 is 0 Å². The zero-order chi connectivity index (χ0) is 14.5. The first-order valence-electron chi connectivity index (χ1n) is 6.30. The Labute approximate surface area is 117 Å². The van der Waals surface area contributed by atoms with Gasteiger partial charge in [-0.2, -0.15) is 0 Å². The van der Waals surface area contributed by atoms with E-state index in [9.17, 15) is 9.00 Å². The van der Waals surface area contributed by atoms with Crippen LogP contribution in [0.1, 0.15) is 39.3 Å². The lowest BCUT2D eigenvalue weighted by molar-refractivity contribution is -0.120. The quantitative estimate of drug-likeness (QED) is 0.867. The second-order valence-electron chi connectivity index (χ2n) is 5.40. The third kappa shape index (κ3) is 5.53. The minimum atomic E-state index is -1.23. The molecule has 0 saturated carbocycles. The zero-order valence-electron chi connectivity index (χ0n) is 11.9. The van der Waals surface area contributed by atoms with Gasteiger partial charge in [0, 0.05) is 0 Å². The molecular formula is C14H22N2O2S. The summed E-state index contributed by atoms with van der Waals surface area (Å²) in [5.74, 6) is -0.158. The molecule has 0 aliphatic carbocycles. The van der Waals surface area contributed by atoms with Gasteiger partial charge < -0.3 is 5.32 Å². The fourth-order valence-electron chi connectivity index (χ4n) is 1.47. The van der Waals surface area contributed by atoms with Crippen LogP contribution in [0.4, 0.5) is 0 Å². The predicted molar refractivity (Wildman–Crippen MR) is 78.9 cm³/mol. The molecule has 0 heterocycles. The molecule has 0 aliphatic rings. The van der Waals surface area contributed by atoms with Crippen LogP contribution in [0.2, 0.25) is 0 Å². The van der Waals surface area contributed by atoms with Gasteiger partial charge in [0.2, 0.25) is 5.91 Å². The maximum absolute atomic E-state index is 11.8. The molecule has 0 saturated heterocycles. The number of amides is 1. The lowest BCUT2D eigenvalue weighted by Crippen LogP contribution is -2.40. The van der Waals surface area contributed by atoms with E-state index in [4.69, 9.17) is 0 Å². The molecule has 1 unspecified atom stereocenters. The highest BCUT2D eigenvalue weighted by atomic mass is 32.2. The highest BCUT2D eigenvalue weighted by molar-refractivity contribution is 7.84. The molecule has 0 radical (unpaired) electrons. The highest BCUT2D eigenvalue weighted by Crippen LogP contribution is 2.11. The lowest BCUT2D eigenvalue weighted by Gasteiger charge is -2.19. The van der Waals surface area contributed by atoms with E-state index in [2.05, 4.69) is 10.0 Å². The third-order valence-corrected chi connectivity index (χ3v) is 4.12. The van der Waals surface area contributed by atoms with E-state index < -0.39 is 11.0 Å². The van der Waals surface area contributed by atoms with Gasteiger partial charge in [-0.15, -0.1) is 0 Å². The van der Waals surface area contributed by atoms with Gasteiger partial charge in [-0.1, -0.05) is 30.3 Å². The van der Waals surface area contributed by atoms with Crippen LogP contribution in [-0.4, -0.2) is 21.4 Å². The summed E-state index contributed by atoms with van der Waals surface area (Å²) in [6, 6.07) is 9.68. The Kier molecular flexibility index (Phi) is 5.69. The Morgan fingerprint density at radius 1 is 1.26 bits per heavy atom. The maximum atomic E-state index is 11.8. The van der Waals surface area contributed by atoms with Crippen molar-refractivity contribution in [1.29, 1.82) is 0 Å². The molecule has 4 nitrogen and oxygen atoms in total. The van der Waals surface area contributed by atoms with E-state index in [0.29, 0.717) is 0 Å². The molecule has 2 atom stereocenters. The Balaban J connectivity index is 2.42. The first-order chi connectivity index (χ1) is 8.80. The number of nitrogens with one attached hydrogen (secondary N) is 2. The molecule has 19 heavy (non-hydrogen) atoms. The van der Waals surface area contributed by atoms with Crippen LogP contribution in [0.3, 0.4) is 0 Å². The third-order valence-electron chi connectivity index (χ3n) is 2.60. The number of hydrogen-bond donors (Lipinski definition) is 2. The fraction of sp³-hybridized carbons (Fsp3) is 0.500. The summed E-state index contributed by atoms with van der Waals surface area (Å²) in [7, 11) is -1.23. The Bertz CT molecular complexity index is 441. The summed E-state index contributed by atoms with van der Waals surface area (Å²) in [5, 5.41) is 2.87. The molecule has 106 valence electrons. The standard InChI is InChI=1S/C14H22N2O2S/c1-11(12-8-6-5-7-9-12)16-13(17)10-15-19(18)14(2,3)4/h5-9,11,15H,10H2,1-4H3,(H,16,17)/t11-,19?/m0/s1. The average molecular weight is 282 g/mol. The molecule has 0 spiro atoms. The Hall–Kier alpha value is -1.20. The molecule has 1 aromatic carbocycles. The van der Waals surface area contributed by atoms with Crippen LogP contribution in [-0.2, 0) is 15.8 Å². The topological polar surface area (TPSA) is 58.2 Å². The number of rotatable bonds is 5. The smallest absolute Gasteiger partial charge is 0.235 e. The van der Waals surface area contributed by atoms with Gasteiger partial charge in [0.1, 0.15) is 0 Å². The molecule has 5 heteroatoms. The summed E-state index contributed by atoms with van der Waals surface area (Å²) in [6.45, 7) is 7.57. The molecule has 1 amide bonds. The van der Waals surface area contributed by atoms with Crippen LogP contribution in [0.5, 0.6) is 0 Å². The number of carbonyl (C=O) groups excluding carboxylic acids is 1. The SMILES string of the molecule is C[C@H](NC(=O)CNS(=O)C(C)(C)C)c1ccccc1. The fourth-order valence-corrected chi connectivity index (χ4v) is 2.16. The molecule has 1 rings (SSSR count). The zero-order valence-corrected chi connectivity index (χ0v) is 12.7. The molecule has 1 aromatic rings. The van der Waals surface area contributed by atoms with Crippen molar-refractivity contribution in [2.75, 3.05) is 6.54 Å². The number of benzene rings is 1. The summed E-state index contributed by atoms with van der Waals surface area (Å²) in [6.07, 6.45) is 0. The first kappa shape index (κ1) is 15.9. The van der Waals surface area contributed by atoms with Crippen molar-refractivity contribution in [2.24, 2.45) is 0 Å². The van der Waals surface area contributed by atoms with Gasteiger partial charge in [-0.05, 0) is 33.3 Å². The largest absolute Gasteiger partial charge is 0.348 e. The number of hydrogen-bond acceptors (Lipinski definition) is 2. The number of carbonyl (C=O) groups is 1. The second kappa shape index (κ2) is 6.82. The van der Waals surface area contributed by atoms with E-state index in [0.717, 1.165) is 5.56 Å². The van der Waals surface area contributed by atoms with Crippen molar-refractivity contribution < 1.29 is 9.00 Å². The van der Waals surface area contributed by atoms with Crippen molar-refractivity contribution in [3.8, 4) is 0 Å². The van der Waals surface area contributed by atoms with Crippen molar-refractivity contribution in [3.05, 3.63) is 35.9 Å². The van der Waals surface area contributed by atoms with Gasteiger partial charge in [-0.25, -0.2) is 8.93 Å². The minimum Gasteiger partial charge on any atom is -0.348 e. The summed E-state index contributed by atoms with van der Waals surface area (Å²) >= 11 is 0. The normalized spacial score (nSPS) is 14.7. The first-order valence-corrected chi connectivity index (χ1v) is 7.45. The Morgan fingerprint density at radius 2 is 1.84 bits per heavy atom. The van der Waals surface area contributed by atoms with Crippen LogP contribution in [0.15, 0.2) is 30.3 Å². The second-order valence-corrected chi connectivity index (χ2v) is 7.45. The summed E-state index contributed by atoms with van der Waals surface area (Å²) in [5.41, 5.74) is 1.05. The van der Waals surface area contributed by atoms with Crippen molar-refractivity contribution >= 4 is 16.9 Å². The van der Waals surface area contributed by atoms with Crippen LogP contribution in [0, 0.1) is 0 Å². The molecule has 0 aromatic heterocycles. The van der Waals surface area contributed by atoms with Gasteiger partial charge in [0.25, 0.3) is 0 Å². The lowest BCUT2D eigenvalue weighted by atomic mass is 10.1. The van der Waals surface area contributed by atoms with Gasteiger partial charge >= 0.3 is 0 Å². The summed E-state index contributed by atoms with van der Waals surface area (Å²) < 4.78 is 14.1. The van der Waals surface area contributed by atoms with E-state index >= 15 is 0 Å². The molecule has 0 aliphatic heterocycles. The maximum Gasteiger partial charge on any atom is 0.235 e. The van der Waals surface area contributed by atoms with E-state index in [1.165, 1.54) is 0 Å². The summed E-state index contributed by atoms with van der Waals surface area (Å²) in [4.78, 5) is 11.8. The highest BCUT2D eigenvalue weighted by Gasteiger charge is 2.20. The Morgan fingerprint density at radius 3 is 2.37 bits per heavy atom. The van der Waals surface area contributed by atoms with E-state index in [-0.39, 0.29) is 23.2 Å². The van der Waals surface area contributed by atoms with Gasteiger partial charge in [0.15, 0.2) is 0 Å². The molecule has 2 N–H and O–H groups in total. The molecular weight excluding hydrogens is 260 g/mol. The monoisotopic (exact) mass is 282 g/mol. The molecule has 0 fully saturated rings. The van der Waals surface area contributed by atoms with E-state index in [1.807, 2.05) is 58.0 Å².